The number of carbonyl (C=O) groups excluding carboxylic acids is 3. The fraction of sp³-hybridized carbons (Fsp3) is 0.600. The van der Waals surface area contributed by atoms with E-state index in [4.69, 9.17) is 14.2 Å². The second-order valence-electron chi connectivity index (χ2n) is 11.5. The van der Waals surface area contributed by atoms with Crippen molar-refractivity contribution in [1.29, 1.82) is 0 Å². The standard InChI is InChI=1S/C30H42N2O9/c1-30(2,3)29(38)39-19-21-11-10-20(16-23(21)40-27-18-22(33)17-24(41-27)28(36)37)8-5-4-6-13-31-25(34)12-15-32-14-7-9-26(32)35/h7,9-11,16,22,24,27,33H,4-6,8,12-15,17-19H2,1-3H3,(H,31,34)(H,36,37). The number of carboxylic acid groups (broad SMARTS) is 1. The van der Waals surface area contributed by atoms with Gasteiger partial charge in [-0.15, -0.1) is 0 Å². The molecule has 0 saturated carbocycles. The normalized spacial score (nSPS) is 20.6. The molecule has 2 aliphatic rings. The molecule has 1 saturated heterocycles. The van der Waals surface area contributed by atoms with Crippen molar-refractivity contribution in [2.24, 2.45) is 5.41 Å². The first kappa shape index (κ1) is 32.1. The minimum Gasteiger partial charge on any atom is -0.479 e. The molecule has 0 aromatic heterocycles. The molecule has 3 atom stereocenters. The van der Waals surface area contributed by atoms with Crippen LogP contribution < -0.4 is 10.1 Å². The van der Waals surface area contributed by atoms with Gasteiger partial charge in [-0.25, -0.2) is 4.79 Å². The van der Waals surface area contributed by atoms with Crippen LogP contribution in [0.3, 0.4) is 0 Å². The molecular weight excluding hydrogens is 532 g/mol. The molecule has 11 heteroatoms. The number of nitrogens with one attached hydrogen (secondary N) is 1. The van der Waals surface area contributed by atoms with Crippen LogP contribution in [0.1, 0.15) is 70.4 Å². The Labute approximate surface area is 240 Å². The number of aliphatic hydroxyl groups excluding tert-OH is 1. The van der Waals surface area contributed by atoms with Crippen LogP contribution >= 0.6 is 0 Å². The molecule has 0 bridgehead atoms. The van der Waals surface area contributed by atoms with E-state index in [1.165, 1.54) is 6.08 Å². The number of amides is 2. The molecule has 1 aromatic rings. The summed E-state index contributed by atoms with van der Waals surface area (Å²) in [6, 6.07) is 5.58. The maximum atomic E-state index is 12.3. The molecule has 3 unspecified atom stereocenters. The number of unbranched alkanes of at least 4 members (excludes halogenated alkanes) is 2. The van der Waals surface area contributed by atoms with E-state index >= 15 is 0 Å². The highest BCUT2D eigenvalue weighted by molar-refractivity contribution is 5.90. The Morgan fingerprint density at radius 2 is 1.93 bits per heavy atom. The van der Waals surface area contributed by atoms with Crippen molar-refractivity contribution >= 4 is 23.8 Å². The van der Waals surface area contributed by atoms with E-state index in [2.05, 4.69) is 5.32 Å². The quantitative estimate of drug-likeness (QED) is 0.225. The third-order valence-corrected chi connectivity index (χ3v) is 6.87. The molecule has 3 N–H and O–H groups in total. The second-order valence-corrected chi connectivity index (χ2v) is 11.5. The highest BCUT2D eigenvalue weighted by atomic mass is 16.7. The molecule has 1 fully saturated rings. The number of rotatable bonds is 14. The lowest BCUT2D eigenvalue weighted by molar-refractivity contribution is -0.195. The predicted molar refractivity (Wildman–Crippen MR) is 149 cm³/mol. The van der Waals surface area contributed by atoms with Crippen molar-refractivity contribution in [3.63, 3.8) is 0 Å². The summed E-state index contributed by atoms with van der Waals surface area (Å²) >= 11 is 0. The van der Waals surface area contributed by atoms with Gasteiger partial charge < -0.3 is 34.6 Å². The minimum absolute atomic E-state index is 0.0126. The smallest absolute Gasteiger partial charge is 0.333 e. The molecule has 11 nitrogen and oxygen atoms in total. The summed E-state index contributed by atoms with van der Waals surface area (Å²) in [6.45, 7) is 6.79. The third-order valence-electron chi connectivity index (χ3n) is 6.87. The zero-order valence-electron chi connectivity index (χ0n) is 24.1. The van der Waals surface area contributed by atoms with Crippen LogP contribution in [0.4, 0.5) is 0 Å². The van der Waals surface area contributed by atoms with Gasteiger partial charge in [-0.2, -0.15) is 0 Å². The number of esters is 1. The molecule has 41 heavy (non-hydrogen) atoms. The molecule has 2 aliphatic heterocycles. The van der Waals surface area contributed by atoms with Crippen molar-refractivity contribution in [1.82, 2.24) is 10.2 Å². The number of carbonyl (C=O) groups is 4. The van der Waals surface area contributed by atoms with Gasteiger partial charge in [-0.1, -0.05) is 24.6 Å². The van der Waals surface area contributed by atoms with Crippen LogP contribution in [0.5, 0.6) is 5.75 Å². The van der Waals surface area contributed by atoms with Crippen molar-refractivity contribution < 1.29 is 43.6 Å². The molecule has 3 rings (SSSR count). The lowest BCUT2D eigenvalue weighted by Gasteiger charge is -2.31. The number of aryl methyl sites for hydroxylation is 1. The number of carboxylic acids is 1. The topological polar surface area (TPSA) is 152 Å². The Balaban J connectivity index is 1.50. The van der Waals surface area contributed by atoms with Crippen LogP contribution in [0.2, 0.25) is 0 Å². The van der Waals surface area contributed by atoms with Crippen LogP contribution in [0, 0.1) is 5.41 Å². The Morgan fingerprint density at radius 3 is 2.61 bits per heavy atom. The van der Waals surface area contributed by atoms with E-state index in [0.717, 1.165) is 31.2 Å². The number of hydrogen-bond donors (Lipinski definition) is 3. The Kier molecular flexibility index (Phi) is 11.7. The zero-order valence-corrected chi connectivity index (χ0v) is 24.1. The maximum Gasteiger partial charge on any atom is 0.333 e. The first-order chi connectivity index (χ1) is 19.4. The number of nitrogens with zero attached hydrogens (tertiary/aromatic N) is 1. The SMILES string of the molecule is CC(C)(C)C(=O)OCc1ccc(CCCCCNC(=O)CCN2CC=CC2=O)cc1OC1CC(O)CC(C(=O)O)O1. The van der Waals surface area contributed by atoms with Gasteiger partial charge in [0.15, 0.2) is 6.10 Å². The van der Waals surface area contributed by atoms with Crippen LogP contribution in [0.15, 0.2) is 30.4 Å². The molecule has 2 heterocycles. The number of benzene rings is 1. The minimum atomic E-state index is -1.17. The van der Waals surface area contributed by atoms with E-state index in [-0.39, 0.29) is 43.7 Å². The van der Waals surface area contributed by atoms with Gasteiger partial charge in [0.2, 0.25) is 18.1 Å². The van der Waals surface area contributed by atoms with E-state index < -0.39 is 29.9 Å². The molecule has 1 aromatic carbocycles. The van der Waals surface area contributed by atoms with Gasteiger partial charge in [-0.3, -0.25) is 14.4 Å². The Hall–Kier alpha value is -3.44. The summed E-state index contributed by atoms with van der Waals surface area (Å²) in [6.07, 6.45) is 3.97. The highest BCUT2D eigenvalue weighted by Gasteiger charge is 2.34. The fourth-order valence-electron chi connectivity index (χ4n) is 4.44. The average molecular weight is 575 g/mol. The Bertz CT molecular complexity index is 1110. The number of hydrogen-bond acceptors (Lipinski definition) is 8. The predicted octanol–water partition coefficient (Wildman–Crippen LogP) is 2.72. The molecule has 0 radical (unpaired) electrons. The lowest BCUT2D eigenvalue weighted by atomic mass is 9.97. The monoisotopic (exact) mass is 574 g/mol. The third kappa shape index (κ3) is 10.5. The summed E-state index contributed by atoms with van der Waals surface area (Å²) in [5, 5.41) is 22.4. The van der Waals surface area contributed by atoms with Gasteiger partial charge in [0.1, 0.15) is 12.4 Å². The van der Waals surface area contributed by atoms with Gasteiger partial charge >= 0.3 is 11.9 Å². The van der Waals surface area contributed by atoms with Crippen LogP contribution in [0.25, 0.3) is 0 Å². The summed E-state index contributed by atoms with van der Waals surface area (Å²) < 4.78 is 17.0. The largest absolute Gasteiger partial charge is 0.479 e. The van der Waals surface area contributed by atoms with Crippen LogP contribution in [-0.4, -0.2) is 77.0 Å². The molecule has 226 valence electrons. The van der Waals surface area contributed by atoms with Crippen molar-refractivity contribution in [3.8, 4) is 5.75 Å². The van der Waals surface area contributed by atoms with Gasteiger partial charge in [-0.05, 0) is 51.7 Å². The number of aliphatic carboxylic acids is 1. The molecular formula is C30H42N2O9. The molecule has 0 spiro atoms. The zero-order chi connectivity index (χ0) is 30.0. The molecule has 2 amide bonds. The second kappa shape index (κ2) is 15.0. The fourth-order valence-corrected chi connectivity index (χ4v) is 4.44. The number of aliphatic hydroxyl groups is 1. The number of ether oxygens (including phenoxy) is 3. The Morgan fingerprint density at radius 1 is 1.15 bits per heavy atom. The highest BCUT2D eigenvalue weighted by Crippen LogP contribution is 2.29. The van der Waals surface area contributed by atoms with Crippen molar-refractivity contribution in [2.75, 3.05) is 19.6 Å². The van der Waals surface area contributed by atoms with Crippen LogP contribution in [-0.2, 0) is 41.7 Å². The van der Waals surface area contributed by atoms with Gasteiger partial charge in [0.25, 0.3) is 0 Å². The van der Waals surface area contributed by atoms with Gasteiger partial charge in [0.05, 0.1) is 11.5 Å². The molecule has 0 aliphatic carbocycles. The van der Waals surface area contributed by atoms with Crippen molar-refractivity contribution in [3.05, 3.63) is 41.5 Å². The van der Waals surface area contributed by atoms with Gasteiger partial charge in [0, 0.05) is 50.5 Å². The average Bonchev–Trinajstić information content (AvgIpc) is 3.32. The van der Waals surface area contributed by atoms with E-state index in [1.54, 1.807) is 31.7 Å². The van der Waals surface area contributed by atoms with Crippen molar-refractivity contribution in [2.45, 2.75) is 90.8 Å². The summed E-state index contributed by atoms with van der Waals surface area (Å²) in [4.78, 5) is 49.0. The maximum absolute atomic E-state index is 12.3. The summed E-state index contributed by atoms with van der Waals surface area (Å²) in [5.74, 6) is -1.25. The van der Waals surface area contributed by atoms with E-state index in [1.807, 2.05) is 18.2 Å². The first-order valence-electron chi connectivity index (χ1n) is 14.2. The van der Waals surface area contributed by atoms with E-state index in [9.17, 15) is 29.4 Å². The first-order valence-corrected chi connectivity index (χ1v) is 14.2. The summed E-state index contributed by atoms with van der Waals surface area (Å²) in [5.41, 5.74) is 0.914. The lowest BCUT2D eigenvalue weighted by Crippen LogP contribution is -2.42. The van der Waals surface area contributed by atoms with E-state index in [0.29, 0.717) is 30.9 Å². The summed E-state index contributed by atoms with van der Waals surface area (Å²) in [7, 11) is 0.